The van der Waals surface area contributed by atoms with E-state index in [0.29, 0.717) is 36.9 Å². The van der Waals surface area contributed by atoms with Crippen molar-refractivity contribution in [1.29, 1.82) is 0 Å². The lowest BCUT2D eigenvalue weighted by molar-refractivity contribution is 0.577. The zero-order valence-corrected chi connectivity index (χ0v) is 16.1. The summed E-state index contributed by atoms with van der Waals surface area (Å²) in [7, 11) is -2.96. The fraction of sp³-hybridized carbons (Fsp3) is 0.562. The highest BCUT2D eigenvalue weighted by atomic mass is 32.2. The first-order chi connectivity index (χ1) is 12.4. The number of nitrogens with zero attached hydrogens (tertiary/aromatic N) is 3. The normalized spacial score (nSPS) is 13.6. The van der Waals surface area contributed by atoms with Crippen LogP contribution in [0.2, 0.25) is 0 Å². The standard InChI is InChI=1S/C16H26N6O3S/c1-4-17-16(19-12(2)8-11-26(3,23)24)18-9-7-14-20-15(22-21-14)13-6-5-10-25-13/h5-6,10,12H,4,7-9,11H2,1-3H3,(H2,17,18,19)(H,20,21,22). The first-order valence-electron chi connectivity index (χ1n) is 8.55. The molecule has 0 aliphatic heterocycles. The van der Waals surface area contributed by atoms with Crippen molar-refractivity contribution in [2.75, 3.05) is 25.1 Å². The summed E-state index contributed by atoms with van der Waals surface area (Å²) in [6, 6.07) is 3.59. The number of aliphatic imine (C=N–C) groups is 1. The van der Waals surface area contributed by atoms with E-state index in [1.54, 1.807) is 18.4 Å². The molecule has 0 radical (unpaired) electrons. The second kappa shape index (κ2) is 9.37. The maximum Gasteiger partial charge on any atom is 0.216 e. The van der Waals surface area contributed by atoms with E-state index in [-0.39, 0.29) is 11.8 Å². The van der Waals surface area contributed by atoms with Gasteiger partial charge in [0.2, 0.25) is 5.82 Å². The first kappa shape index (κ1) is 20.0. The Morgan fingerprint density at radius 3 is 2.92 bits per heavy atom. The zero-order chi connectivity index (χ0) is 19.0. The largest absolute Gasteiger partial charge is 0.461 e. The average molecular weight is 382 g/mol. The van der Waals surface area contributed by atoms with Gasteiger partial charge in [-0.2, -0.15) is 5.10 Å². The number of hydrogen-bond acceptors (Lipinski definition) is 6. The van der Waals surface area contributed by atoms with Crippen molar-refractivity contribution in [2.45, 2.75) is 32.7 Å². The van der Waals surface area contributed by atoms with Crippen LogP contribution in [0.1, 0.15) is 26.1 Å². The van der Waals surface area contributed by atoms with Crippen LogP contribution in [0, 0.1) is 0 Å². The zero-order valence-electron chi connectivity index (χ0n) is 15.3. The number of nitrogens with one attached hydrogen (secondary N) is 3. The summed E-state index contributed by atoms with van der Waals surface area (Å²) < 4.78 is 27.8. The summed E-state index contributed by atoms with van der Waals surface area (Å²) >= 11 is 0. The number of aromatic nitrogens is 3. The van der Waals surface area contributed by atoms with Gasteiger partial charge in [0.15, 0.2) is 11.7 Å². The van der Waals surface area contributed by atoms with Gasteiger partial charge in [-0.3, -0.25) is 10.1 Å². The lowest BCUT2D eigenvalue weighted by Crippen LogP contribution is -2.43. The van der Waals surface area contributed by atoms with E-state index in [1.165, 1.54) is 6.26 Å². The monoisotopic (exact) mass is 382 g/mol. The highest BCUT2D eigenvalue weighted by Crippen LogP contribution is 2.14. The van der Waals surface area contributed by atoms with Gasteiger partial charge in [-0.05, 0) is 32.4 Å². The molecule has 1 atom stereocenters. The van der Waals surface area contributed by atoms with Crippen molar-refractivity contribution >= 4 is 15.8 Å². The van der Waals surface area contributed by atoms with Crippen molar-refractivity contribution in [2.24, 2.45) is 4.99 Å². The van der Waals surface area contributed by atoms with E-state index < -0.39 is 9.84 Å². The number of aromatic amines is 1. The second-order valence-electron chi connectivity index (χ2n) is 6.06. The van der Waals surface area contributed by atoms with Crippen LogP contribution in [-0.2, 0) is 16.3 Å². The molecule has 0 bridgehead atoms. The number of furan rings is 1. The van der Waals surface area contributed by atoms with Crippen molar-refractivity contribution < 1.29 is 12.8 Å². The third-order valence-electron chi connectivity index (χ3n) is 3.54. The summed E-state index contributed by atoms with van der Waals surface area (Å²) in [5.41, 5.74) is 0. The molecule has 2 aromatic heterocycles. The van der Waals surface area contributed by atoms with E-state index in [9.17, 15) is 8.42 Å². The average Bonchev–Trinajstić information content (AvgIpc) is 3.23. The molecule has 0 aromatic carbocycles. The molecule has 9 nitrogen and oxygen atoms in total. The lowest BCUT2D eigenvalue weighted by Gasteiger charge is -2.17. The van der Waals surface area contributed by atoms with Crippen LogP contribution in [0.25, 0.3) is 11.6 Å². The Kier molecular flexibility index (Phi) is 7.19. The number of rotatable bonds is 9. The van der Waals surface area contributed by atoms with Crippen LogP contribution in [0.15, 0.2) is 27.8 Å². The molecule has 144 valence electrons. The smallest absolute Gasteiger partial charge is 0.216 e. The molecule has 0 aliphatic carbocycles. The maximum absolute atomic E-state index is 11.3. The Hall–Kier alpha value is -2.36. The van der Waals surface area contributed by atoms with Gasteiger partial charge in [-0.15, -0.1) is 0 Å². The molecular weight excluding hydrogens is 356 g/mol. The molecule has 2 rings (SSSR count). The molecule has 0 saturated carbocycles. The molecule has 0 saturated heterocycles. The van der Waals surface area contributed by atoms with Crippen molar-refractivity contribution in [1.82, 2.24) is 25.8 Å². The van der Waals surface area contributed by atoms with E-state index in [2.05, 4.69) is 30.8 Å². The third kappa shape index (κ3) is 6.87. The number of hydrogen-bond donors (Lipinski definition) is 3. The summed E-state index contributed by atoms with van der Waals surface area (Å²) in [6.45, 7) is 5.14. The fourth-order valence-electron chi connectivity index (χ4n) is 2.21. The molecule has 0 amide bonds. The second-order valence-corrected chi connectivity index (χ2v) is 8.32. The number of sulfone groups is 1. The maximum atomic E-state index is 11.3. The van der Waals surface area contributed by atoms with Crippen molar-refractivity contribution in [3.05, 3.63) is 24.2 Å². The Morgan fingerprint density at radius 2 is 2.27 bits per heavy atom. The van der Waals surface area contributed by atoms with Gasteiger partial charge in [0.1, 0.15) is 15.7 Å². The molecule has 2 heterocycles. The van der Waals surface area contributed by atoms with Gasteiger partial charge in [-0.1, -0.05) is 0 Å². The fourth-order valence-corrected chi connectivity index (χ4v) is 2.99. The van der Waals surface area contributed by atoms with Crippen molar-refractivity contribution in [3.8, 4) is 11.6 Å². The van der Waals surface area contributed by atoms with Crippen LogP contribution in [0.3, 0.4) is 0 Å². The Morgan fingerprint density at radius 1 is 1.46 bits per heavy atom. The van der Waals surface area contributed by atoms with E-state index in [0.717, 1.165) is 12.4 Å². The van der Waals surface area contributed by atoms with E-state index >= 15 is 0 Å². The van der Waals surface area contributed by atoms with Crippen LogP contribution < -0.4 is 10.6 Å². The molecule has 1 unspecified atom stereocenters. The molecule has 2 aromatic rings. The number of H-pyrrole nitrogens is 1. The predicted molar refractivity (Wildman–Crippen MR) is 101 cm³/mol. The topological polar surface area (TPSA) is 125 Å². The summed E-state index contributed by atoms with van der Waals surface area (Å²) in [6.07, 6.45) is 3.95. The lowest BCUT2D eigenvalue weighted by atomic mass is 10.3. The van der Waals surface area contributed by atoms with Gasteiger partial charge < -0.3 is 15.1 Å². The quantitative estimate of drug-likeness (QED) is 0.436. The molecule has 0 spiro atoms. The van der Waals surface area contributed by atoms with E-state index in [4.69, 9.17) is 4.42 Å². The molecule has 10 heteroatoms. The SMILES string of the molecule is CCNC(=NCCc1nc(-c2ccco2)n[nH]1)NC(C)CCS(C)(=O)=O. The van der Waals surface area contributed by atoms with Crippen LogP contribution in [0.5, 0.6) is 0 Å². The molecule has 26 heavy (non-hydrogen) atoms. The first-order valence-corrected chi connectivity index (χ1v) is 10.6. The summed E-state index contributed by atoms with van der Waals surface area (Å²) in [5, 5.41) is 13.4. The minimum atomic E-state index is -2.96. The molecule has 3 N–H and O–H groups in total. The highest BCUT2D eigenvalue weighted by Gasteiger charge is 2.10. The summed E-state index contributed by atoms with van der Waals surface area (Å²) in [5.74, 6) is 2.66. The highest BCUT2D eigenvalue weighted by molar-refractivity contribution is 7.90. The van der Waals surface area contributed by atoms with Crippen LogP contribution in [0.4, 0.5) is 0 Å². The van der Waals surface area contributed by atoms with Gasteiger partial charge in [0.05, 0.1) is 12.0 Å². The van der Waals surface area contributed by atoms with Crippen LogP contribution >= 0.6 is 0 Å². The van der Waals surface area contributed by atoms with Gasteiger partial charge >= 0.3 is 0 Å². The van der Waals surface area contributed by atoms with Crippen molar-refractivity contribution in [3.63, 3.8) is 0 Å². The van der Waals surface area contributed by atoms with Gasteiger partial charge in [-0.25, -0.2) is 13.4 Å². The van der Waals surface area contributed by atoms with E-state index in [1.807, 2.05) is 13.8 Å². The Balaban J connectivity index is 1.86. The molecular formula is C16H26N6O3S. The summed E-state index contributed by atoms with van der Waals surface area (Å²) in [4.78, 5) is 8.87. The molecule has 0 fully saturated rings. The minimum absolute atomic E-state index is 0.00152. The Labute approximate surface area is 153 Å². The van der Waals surface area contributed by atoms with Crippen LogP contribution in [-0.4, -0.2) is 60.7 Å². The predicted octanol–water partition coefficient (Wildman–Crippen LogP) is 0.986. The van der Waals surface area contributed by atoms with Gasteiger partial charge in [0.25, 0.3) is 0 Å². The molecule has 0 aliphatic rings. The Bertz CT molecular complexity index is 798. The minimum Gasteiger partial charge on any atom is -0.461 e. The van der Waals surface area contributed by atoms with Gasteiger partial charge in [0, 0.05) is 31.8 Å². The number of guanidine groups is 1. The third-order valence-corrected chi connectivity index (χ3v) is 4.52.